The Morgan fingerprint density at radius 2 is 1.80 bits per heavy atom. The van der Waals surface area contributed by atoms with Gasteiger partial charge in [0.25, 0.3) is 0 Å². The number of amides is 1. The molecule has 20 heavy (non-hydrogen) atoms. The van der Waals surface area contributed by atoms with Gasteiger partial charge in [-0.1, -0.05) is 26.7 Å². The molecule has 3 nitrogen and oxygen atoms in total. The van der Waals surface area contributed by atoms with Gasteiger partial charge in [0, 0.05) is 24.5 Å². The van der Waals surface area contributed by atoms with Gasteiger partial charge in [0.05, 0.1) is 0 Å². The molecule has 0 saturated carbocycles. The zero-order valence-corrected chi connectivity index (χ0v) is 13.5. The van der Waals surface area contributed by atoms with Crippen LogP contribution < -0.4 is 10.6 Å². The van der Waals surface area contributed by atoms with Crippen LogP contribution in [0.3, 0.4) is 0 Å². The number of piperidine rings is 1. The highest BCUT2D eigenvalue weighted by atomic mass is 16.1. The molecule has 0 aromatic heterocycles. The molecule has 2 fully saturated rings. The van der Waals surface area contributed by atoms with E-state index in [-0.39, 0.29) is 5.91 Å². The number of nitrogens with one attached hydrogen (secondary N) is 2. The number of rotatable bonds is 7. The van der Waals surface area contributed by atoms with E-state index < -0.39 is 0 Å². The molecule has 2 N–H and O–H groups in total. The van der Waals surface area contributed by atoms with Crippen molar-refractivity contribution in [2.45, 2.75) is 90.3 Å². The van der Waals surface area contributed by atoms with Crippen LogP contribution in [0.25, 0.3) is 0 Å². The SMILES string of the molecule is CC(C)CCCC(C)NC(=O)CC1CC2CCC(C1)N2. The molecule has 3 heteroatoms. The molecule has 116 valence electrons. The zero-order chi connectivity index (χ0) is 14.5. The lowest BCUT2D eigenvalue weighted by Gasteiger charge is -2.29. The molecular weight excluding hydrogens is 248 g/mol. The van der Waals surface area contributed by atoms with Crippen molar-refractivity contribution in [3.63, 3.8) is 0 Å². The first-order valence-corrected chi connectivity index (χ1v) is 8.58. The Balaban J connectivity index is 1.62. The summed E-state index contributed by atoms with van der Waals surface area (Å²) < 4.78 is 0. The third kappa shape index (κ3) is 5.08. The van der Waals surface area contributed by atoms with E-state index in [4.69, 9.17) is 0 Å². The van der Waals surface area contributed by atoms with E-state index in [1.54, 1.807) is 0 Å². The fourth-order valence-corrected chi connectivity index (χ4v) is 3.84. The first kappa shape index (κ1) is 15.8. The summed E-state index contributed by atoms with van der Waals surface area (Å²) in [6, 6.07) is 1.71. The molecule has 2 heterocycles. The number of hydrogen-bond donors (Lipinski definition) is 2. The lowest BCUT2D eigenvalue weighted by Crippen LogP contribution is -2.40. The van der Waals surface area contributed by atoms with E-state index in [0.29, 0.717) is 24.0 Å². The lowest BCUT2D eigenvalue weighted by atomic mass is 9.89. The van der Waals surface area contributed by atoms with E-state index in [1.807, 2.05) is 0 Å². The summed E-state index contributed by atoms with van der Waals surface area (Å²) in [6.45, 7) is 6.66. The maximum Gasteiger partial charge on any atom is 0.220 e. The van der Waals surface area contributed by atoms with Gasteiger partial charge in [-0.05, 0) is 50.9 Å². The van der Waals surface area contributed by atoms with Crippen molar-refractivity contribution >= 4 is 5.91 Å². The normalized spacial score (nSPS) is 30.5. The Morgan fingerprint density at radius 3 is 2.40 bits per heavy atom. The van der Waals surface area contributed by atoms with Gasteiger partial charge in [-0.3, -0.25) is 4.79 Å². The Labute approximate surface area is 124 Å². The Hall–Kier alpha value is -0.570. The molecule has 0 aliphatic carbocycles. The van der Waals surface area contributed by atoms with Crippen molar-refractivity contribution in [3.8, 4) is 0 Å². The van der Waals surface area contributed by atoms with E-state index in [9.17, 15) is 4.79 Å². The number of carbonyl (C=O) groups is 1. The highest BCUT2D eigenvalue weighted by Crippen LogP contribution is 2.32. The molecular formula is C17H32N2O. The average molecular weight is 280 g/mol. The summed E-state index contributed by atoms with van der Waals surface area (Å²) >= 11 is 0. The van der Waals surface area contributed by atoms with Crippen LogP contribution in [0.4, 0.5) is 0 Å². The lowest BCUT2D eigenvalue weighted by molar-refractivity contribution is -0.122. The van der Waals surface area contributed by atoms with Crippen LogP contribution in [0.1, 0.15) is 72.1 Å². The molecule has 0 radical (unpaired) electrons. The smallest absolute Gasteiger partial charge is 0.220 e. The Bertz CT molecular complexity index is 304. The number of carbonyl (C=O) groups excluding carboxylic acids is 1. The molecule has 0 aromatic carbocycles. The van der Waals surface area contributed by atoms with Crippen molar-refractivity contribution in [2.75, 3.05) is 0 Å². The second-order valence-electron chi connectivity index (χ2n) is 7.47. The van der Waals surface area contributed by atoms with Crippen LogP contribution in [-0.2, 0) is 4.79 Å². The molecule has 2 rings (SSSR count). The fraction of sp³-hybridized carbons (Fsp3) is 0.941. The third-order valence-corrected chi connectivity index (χ3v) is 4.87. The minimum Gasteiger partial charge on any atom is -0.354 e. The minimum absolute atomic E-state index is 0.272. The van der Waals surface area contributed by atoms with Gasteiger partial charge in [-0.15, -0.1) is 0 Å². The predicted molar refractivity (Wildman–Crippen MR) is 83.6 cm³/mol. The quantitative estimate of drug-likeness (QED) is 0.751. The first-order chi connectivity index (χ1) is 9.52. The van der Waals surface area contributed by atoms with Gasteiger partial charge in [0.15, 0.2) is 0 Å². The van der Waals surface area contributed by atoms with Gasteiger partial charge in [-0.2, -0.15) is 0 Å². The Morgan fingerprint density at radius 1 is 1.15 bits per heavy atom. The van der Waals surface area contributed by atoms with Crippen LogP contribution in [0.5, 0.6) is 0 Å². The van der Waals surface area contributed by atoms with Crippen molar-refractivity contribution in [1.82, 2.24) is 10.6 Å². The number of fused-ring (bicyclic) bond motifs is 2. The fourth-order valence-electron chi connectivity index (χ4n) is 3.84. The van der Waals surface area contributed by atoms with Gasteiger partial charge in [-0.25, -0.2) is 0 Å². The van der Waals surface area contributed by atoms with Crippen molar-refractivity contribution in [2.24, 2.45) is 11.8 Å². The zero-order valence-electron chi connectivity index (χ0n) is 13.5. The van der Waals surface area contributed by atoms with E-state index in [1.165, 1.54) is 38.5 Å². The molecule has 3 atom stereocenters. The third-order valence-electron chi connectivity index (χ3n) is 4.87. The molecule has 0 aromatic rings. The highest BCUT2D eigenvalue weighted by Gasteiger charge is 2.34. The minimum atomic E-state index is 0.272. The average Bonchev–Trinajstić information content (AvgIpc) is 2.68. The molecule has 2 aliphatic rings. The van der Waals surface area contributed by atoms with Crippen LogP contribution in [0.15, 0.2) is 0 Å². The summed E-state index contributed by atoms with van der Waals surface area (Å²) in [6.07, 6.45) is 9.36. The summed E-state index contributed by atoms with van der Waals surface area (Å²) in [5.41, 5.74) is 0. The molecule has 2 aliphatic heterocycles. The summed E-state index contributed by atoms with van der Waals surface area (Å²) in [4.78, 5) is 12.1. The maximum absolute atomic E-state index is 12.1. The maximum atomic E-state index is 12.1. The van der Waals surface area contributed by atoms with Crippen LogP contribution in [0.2, 0.25) is 0 Å². The van der Waals surface area contributed by atoms with Crippen LogP contribution in [-0.4, -0.2) is 24.0 Å². The first-order valence-electron chi connectivity index (χ1n) is 8.58. The predicted octanol–water partition coefficient (Wildman–Crippen LogP) is 3.24. The van der Waals surface area contributed by atoms with Gasteiger partial charge < -0.3 is 10.6 Å². The second kappa shape index (κ2) is 7.44. The molecule has 2 saturated heterocycles. The standard InChI is InChI=1S/C17H32N2O/c1-12(2)5-4-6-13(3)18-17(20)11-14-9-15-7-8-16(10-14)19-15/h12-16,19H,4-11H2,1-3H3,(H,18,20). The van der Waals surface area contributed by atoms with Crippen LogP contribution >= 0.6 is 0 Å². The topological polar surface area (TPSA) is 41.1 Å². The van der Waals surface area contributed by atoms with Crippen molar-refractivity contribution < 1.29 is 4.79 Å². The van der Waals surface area contributed by atoms with Gasteiger partial charge in [0.2, 0.25) is 5.91 Å². The highest BCUT2D eigenvalue weighted by molar-refractivity contribution is 5.76. The van der Waals surface area contributed by atoms with E-state index >= 15 is 0 Å². The molecule has 3 unspecified atom stereocenters. The van der Waals surface area contributed by atoms with Gasteiger partial charge >= 0.3 is 0 Å². The molecule has 2 bridgehead atoms. The summed E-state index contributed by atoms with van der Waals surface area (Å²) in [5.74, 6) is 1.65. The Kier molecular flexibility index (Phi) is 5.88. The number of hydrogen-bond acceptors (Lipinski definition) is 2. The van der Waals surface area contributed by atoms with Crippen molar-refractivity contribution in [3.05, 3.63) is 0 Å². The summed E-state index contributed by atoms with van der Waals surface area (Å²) in [5, 5.41) is 6.83. The van der Waals surface area contributed by atoms with E-state index in [2.05, 4.69) is 31.4 Å². The van der Waals surface area contributed by atoms with Crippen molar-refractivity contribution in [1.29, 1.82) is 0 Å². The monoisotopic (exact) mass is 280 g/mol. The molecule has 0 spiro atoms. The van der Waals surface area contributed by atoms with E-state index in [0.717, 1.165) is 18.8 Å². The van der Waals surface area contributed by atoms with Gasteiger partial charge in [0.1, 0.15) is 0 Å². The second-order valence-corrected chi connectivity index (χ2v) is 7.47. The van der Waals surface area contributed by atoms with Crippen LogP contribution in [0, 0.1) is 11.8 Å². The largest absolute Gasteiger partial charge is 0.354 e. The molecule has 1 amide bonds. The summed E-state index contributed by atoms with van der Waals surface area (Å²) in [7, 11) is 0.